The van der Waals surface area contributed by atoms with Crippen molar-refractivity contribution in [1.82, 2.24) is 0 Å². The molecule has 0 aliphatic heterocycles. The number of benzene rings is 2. The Bertz CT molecular complexity index is 764. The number of halogens is 1. The smallest absolute Gasteiger partial charge is 0.338 e. The fourth-order valence-electron chi connectivity index (χ4n) is 2.06. The van der Waals surface area contributed by atoms with Crippen molar-refractivity contribution in [2.24, 2.45) is 0 Å². The van der Waals surface area contributed by atoms with Crippen LogP contribution < -0.4 is 9.47 Å². The summed E-state index contributed by atoms with van der Waals surface area (Å²) in [5.74, 6) is 0.597. The highest BCUT2D eigenvalue weighted by atomic mass is 35.5. The van der Waals surface area contributed by atoms with Crippen molar-refractivity contribution in [3.63, 3.8) is 0 Å². The molecule has 2 rings (SSSR count). The van der Waals surface area contributed by atoms with E-state index in [0.717, 1.165) is 11.1 Å². The molecule has 0 saturated heterocycles. The monoisotopic (exact) mass is 360 g/mol. The van der Waals surface area contributed by atoms with Crippen LogP contribution in [0.5, 0.6) is 11.5 Å². The van der Waals surface area contributed by atoms with E-state index in [2.05, 4.69) is 0 Å². The molecule has 0 spiro atoms. The van der Waals surface area contributed by atoms with Crippen molar-refractivity contribution in [2.75, 3.05) is 13.7 Å². The van der Waals surface area contributed by atoms with E-state index in [4.69, 9.17) is 25.8 Å². The van der Waals surface area contributed by atoms with Gasteiger partial charge in [0.1, 0.15) is 24.7 Å². The summed E-state index contributed by atoms with van der Waals surface area (Å²) in [5.41, 5.74) is 2.38. The van der Waals surface area contributed by atoms with Gasteiger partial charge in [0.05, 0.1) is 12.7 Å². The molecule has 0 bridgehead atoms. The van der Waals surface area contributed by atoms with Crippen molar-refractivity contribution < 1.29 is 19.0 Å². The van der Waals surface area contributed by atoms with E-state index in [1.165, 1.54) is 7.11 Å². The van der Waals surface area contributed by atoms with Crippen LogP contribution in [-0.2, 0) is 11.3 Å². The molecule has 0 unspecified atom stereocenters. The first-order valence-electron chi connectivity index (χ1n) is 7.85. The van der Waals surface area contributed by atoms with Gasteiger partial charge in [-0.1, -0.05) is 35.4 Å². The SMILES string of the molecule is COC(=O)c1cc(OCC=C(C)C)cc(OCc2ccccc2Cl)c1. The van der Waals surface area contributed by atoms with Crippen molar-refractivity contribution >= 4 is 17.6 Å². The standard InChI is InChI=1S/C20H21ClO4/c1-14(2)8-9-24-17-10-16(20(22)23-3)11-18(12-17)25-13-15-6-4-5-7-19(15)21/h4-8,10-12H,9,13H2,1-3H3. The summed E-state index contributed by atoms with van der Waals surface area (Å²) in [7, 11) is 1.34. The summed E-state index contributed by atoms with van der Waals surface area (Å²) in [6, 6.07) is 12.4. The van der Waals surface area contributed by atoms with Gasteiger partial charge in [-0.3, -0.25) is 0 Å². The van der Waals surface area contributed by atoms with Crippen molar-refractivity contribution in [2.45, 2.75) is 20.5 Å². The number of ether oxygens (including phenoxy) is 3. The van der Waals surface area contributed by atoms with Gasteiger partial charge in [0.2, 0.25) is 0 Å². The molecule has 0 saturated carbocycles. The molecular formula is C20H21ClO4. The Labute approximate surface area is 153 Å². The van der Waals surface area contributed by atoms with Gasteiger partial charge in [0.25, 0.3) is 0 Å². The molecule has 0 atom stereocenters. The average Bonchev–Trinajstić information content (AvgIpc) is 2.60. The van der Waals surface area contributed by atoms with Crippen LogP contribution in [-0.4, -0.2) is 19.7 Å². The third-order valence-corrected chi connectivity index (χ3v) is 3.76. The molecule has 5 heteroatoms. The second kappa shape index (κ2) is 9.14. The minimum atomic E-state index is -0.449. The van der Waals surface area contributed by atoms with E-state index in [1.54, 1.807) is 24.3 Å². The molecule has 0 amide bonds. The summed E-state index contributed by atoms with van der Waals surface area (Å²) in [6.45, 7) is 4.69. The number of esters is 1. The van der Waals surface area contributed by atoms with Gasteiger partial charge in [0, 0.05) is 16.7 Å². The highest BCUT2D eigenvalue weighted by Gasteiger charge is 2.11. The molecule has 0 N–H and O–H groups in total. The van der Waals surface area contributed by atoms with Crippen LogP contribution in [0.3, 0.4) is 0 Å². The average molecular weight is 361 g/mol. The molecule has 0 fully saturated rings. The van der Waals surface area contributed by atoms with E-state index in [1.807, 2.05) is 38.1 Å². The van der Waals surface area contributed by atoms with Gasteiger partial charge in [-0.2, -0.15) is 0 Å². The Hall–Kier alpha value is -2.46. The zero-order chi connectivity index (χ0) is 18.2. The van der Waals surface area contributed by atoms with E-state index in [0.29, 0.717) is 28.7 Å². The summed E-state index contributed by atoms with van der Waals surface area (Å²) in [5, 5.41) is 0.631. The maximum Gasteiger partial charge on any atom is 0.338 e. The van der Waals surface area contributed by atoms with Crippen LogP contribution in [0.1, 0.15) is 29.8 Å². The lowest BCUT2D eigenvalue weighted by Gasteiger charge is -2.12. The number of carbonyl (C=O) groups excluding carboxylic acids is 1. The summed E-state index contributed by atoms with van der Waals surface area (Å²) < 4.78 is 16.3. The second-order valence-electron chi connectivity index (χ2n) is 5.66. The van der Waals surface area contributed by atoms with E-state index in [-0.39, 0.29) is 6.61 Å². The fraction of sp³-hybridized carbons (Fsp3) is 0.250. The minimum Gasteiger partial charge on any atom is -0.489 e. The zero-order valence-corrected chi connectivity index (χ0v) is 15.3. The molecule has 4 nitrogen and oxygen atoms in total. The Balaban J connectivity index is 2.18. The first-order valence-corrected chi connectivity index (χ1v) is 8.23. The number of allylic oxidation sites excluding steroid dienone is 1. The van der Waals surface area contributed by atoms with Crippen LogP contribution in [0.25, 0.3) is 0 Å². The summed E-state index contributed by atoms with van der Waals surface area (Å²) >= 11 is 6.14. The molecule has 0 aliphatic rings. The predicted octanol–water partition coefficient (Wildman–Crippen LogP) is 5.05. The van der Waals surface area contributed by atoms with Crippen LogP contribution in [0.15, 0.2) is 54.1 Å². The summed E-state index contributed by atoms with van der Waals surface area (Å²) in [4.78, 5) is 11.9. The van der Waals surface area contributed by atoms with Crippen molar-refractivity contribution in [3.8, 4) is 11.5 Å². The molecule has 0 heterocycles. The molecule has 132 valence electrons. The van der Waals surface area contributed by atoms with Crippen LogP contribution in [0, 0.1) is 0 Å². The predicted molar refractivity (Wildman–Crippen MR) is 98.5 cm³/mol. The van der Waals surface area contributed by atoms with Crippen LogP contribution in [0.2, 0.25) is 5.02 Å². The van der Waals surface area contributed by atoms with Crippen LogP contribution in [0.4, 0.5) is 0 Å². The quantitative estimate of drug-likeness (QED) is 0.512. The second-order valence-corrected chi connectivity index (χ2v) is 6.06. The molecule has 2 aromatic carbocycles. The van der Waals surface area contributed by atoms with Crippen molar-refractivity contribution in [1.29, 1.82) is 0 Å². The fourth-order valence-corrected chi connectivity index (χ4v) is 2.25. The molecular weight excluding hydrogens is 340 g/mol. The highest BCUT2D eigenvalue weighted by molar-refractivity contribution is 6.31. The maximum absolute atomic E-state index is 11.9. The topological polar surface area (TPSA) is 44.8 Å². The van der Waals surface area contributed by atoms with E-state index < -0.39 is 5.97 Å². The number of rotatable bonds is 7. The van der Waals surface area contributed by atoms with Gasteiger partial charge in [0.15, 0.2) is 0 Å². The van der Waals surface area contributed by atoms with E-state index >= 15 is 0 Å². The normalized spacial score (nSPS) is 10.1. The zero-order valence-electron chi connectivity index (χ0n) is 14.5. The van der Waals surface area contributed by atoms with Gasteiger partial charge < -0.3 is 14.2 Å². The lowest BCUT2D eigenvalue weighted by Crippen LogP contribution is -2.04. The Morgan fingerprint density at radius 3 is 2.40 bits per heavy atom. The number of methoxy groups -OCH3 is 1. The van der Waals surface area contributed by atoms with Crippen LogP contribution >= 0.6 is 11.6 Å². The lowest BCUT2D eigenvalue weighted by atomic mass is 10.2. The Morgan fingerprint density at radius 1 is 1.08 bits per heavy atom. The highest BCUT2D eigenvalue weighted by Crippen LogP contribution is 2.25. The molecule has 0 aromatic heterocycles. The molecule has 2 aromatic rings. The van der Waals surface area contributed by atoms with E-state index in [9.17, 15) is 4.79 Å². The lowest BCUT2D eigenvalue weighted by molar-refractivity contribution is 0.0599. The van der Waals surface area contributed by atoms with Gasteiger partial charge in [-0.15, -0.1) is 0 Å². The minimum absolute atomic E-state index is 0.289. The number of carbonyl (C=O) groups is 1. The molecule has 0 radical (unpaired) electrons. The van der Waals surface area contributed by atoms with Gasteiger partial charge >= 0.3 is 5.97 Å². The Morgan fingerprint density at radius 2 is 1.76 bits per heavy atom. The number of hydrogen-bond donors (Lipinski definition) is 0. The summed E-state index contributed by atoms with van der Waals surface area (Å²) in [6.07, 6.45) is 1.95. The Kier molecular flexibility index (Phi) is 6.90. The first-order chi connectivity index (χ1) is 12.0. The third-order valence-electron chi connectivity index (χ3n) is 3.39. The molecule has 25 heavy (non-hydrogen) atoms. The van der Waals surface area contributed by atoms with Gasteiger partial charge in [-0.25, -0.2) is 4.79 Å². The van der Waals surface area contributed by atoms with Gasteiger partial charge in [-0.05, 0) is 38.1 Å². The first kappa shape index (κ1) is 18.9. The third kappa shape index (κ3) is 5.84. The maximum atomic E-state index is 11.9. The molecule has 0 aliphatic carbocycles. The largest absolute Gasteiger partial charge is 0.489 e. The number of hydrogen-bond acceptors (Lipinski definition) is 4. The van der Waals surface area contributed by atoms with Crippen molar-refractivity contribution in [3.05, 3.63) is 70.3 Å².